The fourth-order valence-corrected chi connectivity index (χ4v) is 1.72. The van der Waals surface area contributed by atoms with E-state index in [9.17, 15) is 22.8 Å². The minimum absolute atomic E-state index is 0.187. The number of pyridine rings is 1. The van der Waals surface area contributed by atoms with Crippen LogP contribution in [0.3, 0.4) is 0 Å². The highest BCUT2D eigenvalue weighted by atomic mass is 19.3. The molecular formula is C13H8F3NO4. The van der Waals surface area contributed by atoms with Crippen molar-refractivity contribution in [1.82, 2.24) is 4.57 Å². The van der Waals surface area contributed by atoms with Gasteiger partial charge >= 0.3 is 12.6 Å². The van der Waals surface area contributed by atoms with E-state index in [1.54, 1.807) is 0 Å². The van der Waals surface area contributed by atoms with Gasteiger partial charge in [-0.05, 0) is 30.3 Å². The fourth-order valence-electron chi connectivity index (χ4n) is 1.72. The molecule has 0 atom stereocenters. The predicted molar refractivity (Wildman–Crippen MR) is 65.6 cm³/mol. The summed E-state index contributed by atoms with van der Waals surface area (Å²) in [4.78, 5) is 23.1. The number of ether oxygens (including phenoxy) is 1. The highest BCUT2D eigenvalue weighted by Gasteiger charge is 2.21. The largest absolute Gasteiger partial charge is 0.477 e. The summed E-state index contributed by atoms with van der Waals surface area (Å²) in [6, 6.07) is 5.57. The highest BCUT2D eigenvalue weighted by Crippen LogP contribution is 2.18. The van der Waals surface area contributed by atoms with Gasteiger partial charge in [-0.1, -0.05) is 0 Å². The molecule has 5 nitrogen and oxygen atoms in total. The van der Waals surface area contributed by atoms with Gasteiger partial charge in [0, 0.05) is 11.9 Å². The third-order valence-corrected chi connectivity index (χ3v) is 2.59. The first-order valence-corrected chi connectivity index (χ1v) is 5.60. The third kappa shape index (κ3) is 3.04. The molecule has 110 valence electrons. The maximum Gasteiger partial charge on any atom is 0.387 e. The van der Waals surface area contributed by atoms with Gasteiger partial charge in [0.15, 0.2) is 5.56 Å². The van der Waals surface area contributed by atoms with Crippen LogP contribution < -0.4 is 10.3 Å². The number of nitrogens with zero attached hydrogens (tertiary/aromatic N) is 1. The average Bonchev–Trinajstić information content (AvgIpc) is 2.39. The molecule has 0 fully saturated rings. The number of carbonyl (C=O) groups is 1. The van der Waals surface area contributed by atoms with Gasteiger partial charge in [-0.3, -0.25) is 9.36 Å². The molecule has 1 N–H and O–H groups in total. The van der Waals surface area contributed by atoms with Crippen molar-refractivity contribution in [1.29, 1.82) is 0 Å². The van der Waals surface area contributed by atoms with Crippen LogP contribution in [-0.2, 0) is 0 Å². The monoisotopic (exact) mass is 299 g/mol. The summed E-state index contributed by atoms with van der Waals surface area (Å²) in [6.07, 6.45) is 1.07. The van der Waals surface area contributed by atoms with E-state index in [0.29, 0.717) is 0 Å². The Balaban J connectivity index is 2.60. The van der Waals surface area contributed by atoms with Gasteiger partial charge in [-0.15, -0.1) is 0 Å². The number of benzene rings is 1. The normalized spacial score (nSPS) is 10.7. The fraction of sp³-hybridized carbons (Fsp3) is 0.0769. The van der Waals surface area contributed by atoms with Crippen LogP contribution in [0, 0.1) is 5.82 Å². The predicted octanol–water partition coefficient (Wildman–Crippen LogP) is 2.28. The number of alkyl halides is 2. The summed E-state index contributed by atoms with van der Waals surface area (Å²) in [5.41, 5.74) is -1.80. The van der Waals surface area contributed by atoms with Crippen LogP contribution >= 0.6 is 0 Å². The maximum atomic E-state index is 12.8. The van der Waals surface area contributed by atoms with Crippen LogP contribution in [0.4, 0.5) is 13.2 Å². The van der Waals surface area contributed by atoms with Gasteiger partial charge in [0.1, 0.15) is 11.6 Å². The molecule has 0 unspecified atom stereocenters. The van der Waals surface area contributed by atoms with Crippen molar-refractivity contribution >= 4 is 5.97 Å². The Bertz CT molecular complexity index is 725. The molecule has 2 rings (SSSR count). The van der Waals surface area contributed by atoms with Gasteiger partial charge in [0.25, 0.3) is 5.56 Å². The topological polar surface area (TPSA) is 68.5 Å². The summed E-state index contributed by atoms with van der Waals surface area (Å²) >= 11 is 0. The summed E-state index contributed by atoms with van der Waals surface area (Å²) in [5.74, 6) is -2.98. The quantitative estimate of drug-likeness (QED) is 0.940. The van der Waals surface area contributed by atoms with Crippen LogP contribution in [0.5, 0.6) is 5.75 Å². The number of carboxylic acids is 1. The zero-order valence-electron chi connectivity index (χ0n) is 10.3. The van der Waals surface area contributed by atoms with Crippen molar-refractivity contribution in [2.75, 3.05) is 0 Å². The van der Waals surface area contributed by atoms with Gasteiger partial charge in [-0.25, -0.2) is 9.18 Å². The summed E-state index contributed by atoms with van der Waals surface area (Å²) < 4.78 is 42.1. The van der Waals surface area contributed by atoms with Gasteiger partial charge < -0.3 is 9.84 Å². The van der Waals surface area contributed by atoms with E-state index in [1.807, 2.05) is 0 Å². The van der Waals surface area contributed by atoms with Crippen molar-refractivity contribution in [3.63, 3.8) is 0 Å². The average molecular weight is 299 g/mol. The maximum absolute atomic E-state index is 12.8. The Morgan fingerprint density at radius 2 is 1.81 bits per heavy atom. The molecule has 0 amide bonds. The first kappa shape index (κ1) is 14.6. The van der Waals surface area contributed by atoms with Gasteiger partial charge in [0.2, 0.25) is 0 Å². The summed E-state index contributed by atoms with van der Waals surface area (Å²) in [5, 5.41) is 8.98. The molecule has 0 aliphatic carbocycles. The Hall–Kier alpha value is -2.77. The van der Waals surface area contributed by atoms with E-state index < -0.39 is 35.3 Å². The van der Waals surface area contributed by atoms with E-state index in [0.717, 1.165) is 29.0 Å². The summed E-state index contributed by atoms with van der Waals surface area (Å²) in [6.45, 7) is -3.26. The molecule has 1 aromatic heterocycles. The van der Waals surface area contributed by atoms with Crippen molar-refractivity contribution in [3.8, 4) is 11.4 Å². The smallest absolute Gasteiger partial charge is 0.387 e. The molecule has 8 heteroatoms. The Morgan fingerprint density at radius 3 is 2.33 bits per heavy atom. The van der Waals surface area contributed by atoms with Gasteiger partial charge in [-0.2, -0.15) is 8.78 Å². The standard InChI is InChI=1S/C13H8F3NO4/c14-7-1-3-8(4-2-7)17-6-5-9(21-13(15)16)10(11(17)18)12(19)20/h1-6,13H,(H,19,20). The van der Waals surface area contributed by atoms with Crippen LogP contribution in [-0.4, -0.2) is 22.3 Å². The first-order chi connectivity index (χ1) is 9.90. The number of aromatic carboxylic acids is 1. The van der Waals surface area contributed by atoms with Crippen LogP contribution in [0.25, 0.3) is 5.69 Å². The van der Waals surface area contributed by atoms with E-state index in [4.69, 9.17) is 5.11 Å². The number of aromatic nitrogens is 1. The second kappa shape index (κ2) is 5.70. The SMILES string of the molecule is O=C(O)c1c(OC(F)F)ccn(-c2ccc(F)cc2)c1=O. The third-order valence-electron chi connectivity index (χ3n) is 2.59. The lowest BCUT2D eigenvalue weighted by atomic mass is 10.2. The molecule has 0 spiro atoms. The first-order valence-electron chi connectivity index (χ1n) is 5.60. The van der Waals surface area contributed by atoms with Gasteiger partial charge in [0.05, 0.1) is 0 Å². The van der Waals surface area contributed by atoms with E-state index in [-0.39, 0.29) is 5.69 Å². The molecule has 0 saturated heterocycles. The second-order valence-corrected chi connectivity index (χ2v) is 3.89. The number of rotatable bonds is 4. The zero-order valence-corrected chi connectivity index (χ0v) is 10.3. The Labute approximate surface area is 115 Å². The lowest BCUT2D eigenvalue weighted by Crippen LogP contribution is -2.26. The molecule has 0 saturated carbocycles. The number of halogens is 3. The molecular weight excluding hydrogens is 291 g/mol. The lowest BCUT2D eigenvalue weighted by Gasteiger charge is -2.11. The molecule has 0 aliphatic heterocycles. The Morgan fingerprint density at radius 1 is 1.19 bits per heavy atom. The van der Waals surface area contributed by atoms with Crippen molar-refractivity contribution in [3.05, 3.63) is 58.3 Å². The Kier molecular flexibility index (Phi) is 3.97. The minimum atomic E-state index is -3.26. The van der Waals surface area contributed by atoms with Crippen molar-refractivity contribution in [2.45, 2.75) is 6.61 Å². The molecule has 21 heavy (non-hydrogen) atoms. The van der Waals surface area contributed by atoms with Crippen LogP contribution in [0.1, 0.15) is 10.4 Å². The number of hydrogen-bond acceptors (Lipinski definition) is 3. The molecule has 0 radical (unpaired) electrons. The second-order valence-electron chi connectivity index (χ2n) is 3.89. The molecule has 1 heterocycles. The van der Waals surface area contributed by atoms with Crippen LogP contribution in [0.2, 0.25) is 0 Å². The molecule has 1 aromatic carbocycles. The number of hydrogen-bond donors (Lipinski definition) is 1. The highest BCUT2D eigenvalue weighted by molar-refractivity contribution is 5.90. The van der Waals surface area contributed by atoms with E-state index in [1.165, 1.54) is 12.1 Å². The van der Waals surface area contributed by atoms with E-state index >= 15 is 0 Å². The van der Waals surface area contributed by atoms with E-state index in [2.05, 4.69) is 4.74 Å². The number of carboxylic acid groups (broad SMARTS) is 1. The van der Waals surface area contributed by atoms with Crippen molar-refractivity contribution in [2.24, 2.45) is 0 Å². The van der Waals surface area contributed by atoms with Crippen molar-refractivity contribution < 1.29 is 27.8 Å². The molecule has 0 bridgehead atoms. The molecule has 0 aliphatic rings. The lowest BCUT2D eigenvalue weighted by molar-refractivity contribution is -0.0504. The molecule has 2 aromatic rings. The minimum Gasteiger partial charge on any atom is -0.477 e. The van der Waals surface area contributed by atoms with Crippen LogP contribution in [0.15, 0.2) is 41.3 Å². The zero-order chi connectivity index (χ0) is 15.6. The summed E-state index contributed by atoms with van der Waals surface area (Å²) in [7, 11) is 0.